The standard InChI is InChI=1S/C15H18BrNO/c1-2-3-4-9-18-15-8-5-12(10-14(15)16)11-17-13-6-7-13/h1,5,8,10,13,17H,3-4,6-7,9,11H2. The molecule has 0 atom stereocenters. The van der Waals surface area contributed by atoms with Crippen LogP contribution in [0, 0.1) is 12.3 Å². The fourth-order valence-corrected chi connectivity index (χ4v) is 2.22. The van der Waals surface area contributed by atoms with E-state index in [1.54, 1.807) is 0 Å². The number of nitrogens with one attached hydrogen (secondary N) is 1. The van der Waals surface area contributed by atoms with Gasteiger partial charge in [0.25, 0.3) is 0 Å². The van der Waals surface area contributed by atoms with Crippen LogP contribution in [0.4, 0.5) is 0 Å². The third-order valence-corrected chi connectivity index (χ3v) is 3.51. The van der Waals surface area contributed by atoms with Crippen molar-refractivity contribution >= 4 is 15.9 Å². The van der Waals surface area contributed by atoms with E-state index in [9.17, 15) is 0 Å². The molecule has 2 rings (SSSR count). The van der Waals surface area contributed by atoms with Crippen molar-refractivity contribution in [3.05, 3.63) is 28.2 Å². The van der Waals surface area contributed by atoms with Crippen molar-refractivity contribution in [2.45, 2.75) is 38.3 Å². The zero-order valence-electron chi connectivity index (χ0n) is 10.4. The van der Waals surface area contributed by atoms with E-state index in [0.717, 1.165) is 35.7 Å². The van der Waals surface area contributed by atoms with E-state index >= 15 is 0 Å². The molecule has 1 saturated carbocycles. The van der Waals surface area contributed by atoms with Crippen LogP contribution in [0.3, 0.4) is 0 Å². The summed E-state index contributed by atoms with van der Waals surface area (Å²) < 4.78 is 6.68. The summed E-state index contributed by atoms with van der Waals surface area (Å²) in [5.41, 5.74) is 1.28. The Morgan fingerprint density at radius 2 is 2.28 bits per heavy atom. The van der Waals surface area contributed by atoms with Gasteiger partial charge in [-0.2, -0.15) is 0 Å². The zero-order chi connectivity index (χ0) is 12.8. The minimum atomic E-state index is 0.669. The quantitative estimate of drug-likeness (QED) is 0.615. The largest absolute Gasteiger partial charge is 0.492 e. The molecule has 18 heavy (non-hydrogen) atoms. The molecule has 0 heterocycles. The van der Waals surface area contributed by atoms with Crippen LogP contribution in [0.5, 0.6) is 5.75 Å². The number of unbranched alkanes of at least 4 members (excludes halogenated alkanes) is 1. The van der Waals surface area contributed by atoms with Gasteiger partial charge in [-0.3, -0.25) is 0 Å². The summed E-state index contributed by atoms with van der Waals surface area (Å²) in [6, 6.07) is 6.98. The summed E-state index contributed by atoms with van der Waals surface area (Å²) in [5.74, 6) is 3.50. The van der Waals surface area contributed by atoms with Crippen molar-refractivity contribution in [3.8, 4) is 18.1 Å². The van der Waals surface area contributed by atoms with E-state index in [1.165, 1.54) is 18.4 Å². The van der Waals surface area contributed by atoms with Crippen LogP contribution in [0.25, 0.3) is 0 Å². The molecule has 0 saturated heterocycles. The third kappa shape index (κ3) is 4.36. The van der Waals surface area contributed by atoms with Crippen LogP contribution in [-0.2, 0) is 6.54 Å². The van der Waals surface area contributed by atoms with Crippen molar-refractivity contribution in [1.82, 2.24) is 5.32 Å². The first kappa shape index (κ1) is 13.5. The first-order valence-electron chi connectivity index (χ1n) is 6.37. The van der Waals surface area contributed by atoms with Gasteiger partial charge in [0.15, 0.2) is 0 Å². The average Bonchev–Trinajstić information content (AvgIpc) is 3.18. The molecule has 0 aromatic heterocycles. The summed E-state index contributed by atoms with van der Waals surface area (Å²) >= 11 is 3.55. The summed E-state index contributed by atoms with van der Waals surface area (Å²) in [6.07, 6.45) is 9.49. The van der Waals surface area contributed by atoms with Gasteiger partial charge in [0.2, 0.25) is 0 Å². The Hall–Kier alpha value is -0.980. The highest BCUT2D eigenvalue weighted by atomic mass is 79.9. The zero-order valence-corrected chi connectivity index (χ0v) is 12.0. The molecule has 96 valence electrons. The summed E-state index contributed by atoms with van der Waals surface area (Å²) in [7, 11) is 0. The molecule has 0 amide bonds. The van der Waals surface area contributed by atoms with Crippen molar-refractivity contribution in [1.29, 1.82) is 0 Å². The average molecular weight is 308 g/mol. The maximum atomic E-state index is 5.67. The van der Waals surface area contributed by atoms with Gasteiger partial charge in [0, 0.05) is 19.0 Å². The van der Waals surface area contributed by atoms with Crippen LogP contribution in [-0.4, -0.2) is 12.6 Å². The van der Waals surface area contributed by atoms with Gasteiger partial charge in [0.05, 0.1) is 11.1 Å². The number of halogens is 1. The molecular formula is C15H18BrNO. The fourth-order valence-electron chi connectivity index (χ4n) is 1.68. The second kappa shape index (κ2) is 6.82. The minimum Gasteiger partial charge on any atom is -0.492 e. The number of benzene rings is 1. The summed E-state index contributed by atoms with van der Waals surface area (Å²) in [6.45, 7) is 1.60. The van der Waals surface area contributed by atoms with Gasteiger partial charge >= 0.3 is 0 Å². The maximum Gasteiger partial charge on any atom is 0.133 e. The molecule has 0 aliphatic heterocycles. The van der Waals surface area contributed by atoms with Crippen molar-refractivity contribution in [2.24, 2.45) is 0 Å². The predicted octanol–water partition coefficient (Wildman–Crippen LogP) is 3.49. The van der Waals surface area contributed by atoms with Crippen molar-refractivity contribution < 1.29 is 4.74 Å². The molecule has 3 heteroatoms. The summed E-state index contributed by atoms with van der Waals surface area (Å²) in [4.78, 5) is 0. The first-order valence-corrected chi connectivity index (χ1v) is 7.17. The summed E-state index contributed by atoms with van der Waals surface area (Å²) in [5, 5.41) is 3.50. The second-order valence-corrected chi connectivity index (χ2v) is 5.43. The number of ether oxygens (including phenoxy) is 1. The van der Waals surface area contributed by atoms with E-state index in [4.69, 9.17) is 11.2 Å². The molecule has 2 nitrogen and oxygen atoms in total. The second-order valence-electron chi connectivity index (χ2n) is 4.58. The van der Waals surface area contributed by atoms with Gasteiger partial charge in [-0.1, -0.05) is 6.07 Å². The lowest BCUT2D eigenvalue weighted by atomic mass is 10.2. The monoisotopic (exact) mass is 307 g/mol. The van der Waals surface area contributed by atoms with E-state index < -0.39 is 0 Å². The molecule has 0 spiro atoms. The molecule has 0 bridgehead atoms. The lowest BCUT2D eigenvalue weighted by Gasteiger charge is -2.09. The molecule has 0 unspecified atom stereocenters. The highest BCUT2D eigenvalue weighted by Crippen LogP contribution is 2.27. The maximum absolute atomic E-state index is 5.67. The predicted molar refractivity (Wildman–Crippen MR) is 77.6 cm³/mol. The Morgan fingerprint density at radius 1 is 1.44 bits per heavy atom. The van der Waals surface area contributed by atoms with Crippen LogP contribution < -0.4 is 10.1 Å². The number of hydrogen-bond acceptors (Lipinski definition) is 2. The van der Waals surface area contributed by atoms with Crippen LogP contribution >= 0.6 is 15.9 Å². The lowest BCUT2D eigenvalue weighted by Crippen LogP contribution is -2.15. The Bertz CT molecular complexity index is 435. The Kier molecular flexibility index (Phi) is 5.10. The lowest BCUT2D eigenvalue weighted by molar-refractivity contribution is 0.311. The van der Waals surface area contributed by atoms with E-state index in [0.29, 0.717) is 6.61 Å². The van der Waals surface area contributed by atoms with E-state index in [2.05, 4.69) is 39.3 Å². The van der Waals surface area contributed by atoms with Gasteiger partial charge in [-0.25, -0.2) is 0 Å². The minimum absolute atomic E-state index is 0.669. The van der Waals surface area contributed by atoms with Gasteiger partial charge < -0.3 is 10.1 Å². The Morgan fingerprint density at radius 3 is 2.94 bits per heavy atom. The van der Waals surface area contributed by atoms with Gasteiger partial charge in [-0.05, 0) is 52.9 Å². The fraction of sp³-hybridized carbons (Fsp3) is 0.467. The van der Waals surface area contributed by atoms with Crippen LogP contribution in [0.1, 0.15) is 31.2 Å². The Balaban J connectivity index is 1.82. The SMILES string of the molecule is C#CCCCOc1ccc(CNC2CC2)cc1Br. The molecule has 1 fully saturated rings. The normalized spacial score (nSPS) is 14.2. The van der Waals surface area contributed by atoms with E-state index in [1.807, 2.05) is 6.07 Å². The number of terminal acetylenes is 1. The Labute approximate surface area is 117 Å². The smallest absolute Gasteiger partial charge is 0.133 e. The molecule has 1 aromatic rings. The van der Waals surface area contributed by atoms with Crippen LogP contribution in [0.15, 0.2) is 22.7 Å². The highest BCUT2D eigenvalue weighted by Gasteiger charge is 2.19. The molecule has 1 aromatic carbocycles. The molecular weight excluding hydrogens is 290 g/mol. The van der Waals surface area contributed by atoms with Gasteiger partial charge in [-0.15, -0.1) is 12.3 Å². The molecule has 1 aliphatic rings. The first-order chi connectivity index (χ1) is 8.79. The molecule has 0 radical (unpaired) electrons. The number of rotatable bonds is 7. The highest BCUT2D eigenvalue weighted by molar-refractivity contribution is 9.10. The van der Waals surface area contributed by atoms with Crippen molar-refractivity contribution in [3.63, 3.8) is 0 Å². The third-order valence-electron chi connectivity index (χ3n) is 2.89. The van der Waals surface area contributed by atoms with Gasteiger partial charge in [0.1, 0.15) is 5.75 Å². The van der Waals surface area contributed by atoms with E-state index in [-0.39, 0.29) is 0 Å². The van der Waals surface area contributed by atoms with Crippen LogP contribution in [0.2, 0.25) is 0 Å². The molecule has 1 N–H and O–H groups in total. The topological polar surface area (TPSA) is 21.3 Å². The van der Waals surface area contributed by atoms with Crippen molar-refractivity contribution in [2.75, 3.05) is 6.61 Å². The number of hydrogen-bond donors (Lipinski definition) is 1. The molecule has 1 aliphatic carbocycles.